The molecule has 1 heterocycles. The number of nitrogens with one attached hydrogen (secondary N) is 1. The van der Waals surface area contributed by atoms with Crippen LogP contribution in [0.4, 0.5) is 11.4 Å². The number of aromatic nitrogens is 1. The predicted molar refractivity (Wildman–Crippen MR) is 117 cm³/mol. The van der Waals surface area contributed by atoms with E-state index in [0.717, 1.165) is 20.8 Å². The molecule has 0 unspecified atom stereocenters. The van der Waals surface area contributed by atoms with Crippen LogP contribution in [-0.4, -0.2) is 22.4 Å². The number of ether oxygens (including phenoxy) is 1. The topological polar surface area (TPSA) is 94.4 Å². The van der Waals surface area contributed by atoms with Crippen molar-refractivity contribution in [3.63, 3.8) is 0 Å². The summed E-state index contributed by atoms with van der Waals surface area (Å²) in [5, 5.41) is 14.6. The molecule has 0 bridgehead atoms. The van der Waals surface area contributed by atoms with E-state index in [1.165, 1.54) is 17.7 Å². The lowest BCUT2D eigenvalue weighted by atomic mass is 10.2. The molecule has 1 N–H and O–H groups in total. The van der Waals surface area contributed by atoms with E-state index in [1.807, 2.05) is 24.3 Å². The normalized spacial score (nSPS) is 10.7. The zero-order chi connectivity index (χ0) is 21.1. The monoisotopic (exact) mass is 419 g/mol. The number of carbonyl (C=O) groups is 1. The number of benzene rings is 3. The highest BCUT2D eigenvalue weighted by Crippen LogP contribution is 2.31. The summed E-state index contributed by atoms with van der Waals surface area (Å²) in [5.74, 6) is -0.351. The standard InChI is InChI=1S/C22H17N3O4S/c1-14-6-11-17-20(12-14)30-22(24-17)15-7-9-16(10-8-15)23-21(26)13-29-19-5-3-2-4-18(19)25(27)28/h2-12H,13H2,1H3,(H,23,26). The number of hydrogen-bond donors (Lipinski definition) is 1. The van der Waals surface area contributed by atoms with E-state index in [9.17, 15) is 14.9 Å². The molecule has 0 saturated carbocycles. The van der Waals surface area contributed by atoms with Crippen LogP contribution in [-0.2, 0) is 4.79 Å². The number of nitro benzene ring substituents is 1. The molecule has 0 aliphatic heterocycles. The molecule has 1 aromatic heterocycles. The number of rotatable bonds is 6. The fourth-order valence-corrected chi connectivity index (χ4v) is 3.99. The van der Waals surface area contributed by atoms with Crippen molar-refractivity contribution in [2.75, 3.05) is 11.9 Å². The third-order valence-electron chi connectivity index (χ3n) is 4.38. The zero-order valence-electron chi connectivity index (χ0n) is 16.0. The first kappa shape index (κ1) is 19.5. The maximum Gasteiger partial charge on any atom is 0.310 e. The van der Waals surface area contributed by atoms with Crippen molar-refractivity contribution in [1.29, 1.82) is 0 Å². The molecule has 0 spiro atoms. The van der Waals surface area contributed by atoms with Gasteiger partial charge >= 0.3 is 5.69 Å². The molecule has 3 aromatic carbocycles. The van der Waals surface area contributed by atoms with Crippen LogP contribution < -0.4 is 10.1 Å². The molecule has 0 aliphatic rings. The molecule has 7 nitrogen and oxygen atoms in total. The highest BCUT2D eigenvalue weighted by molar-refractivity contribution is 7.21. The number of carbonyl (C=O) groups excluding carboxylic acids is 1. The summed E-state index contributed by atoms with van der Waals surface area (Å²) < 4.78 is 6.44. The fourth-order valence-electron chi connectivity index (χ4n) is 2.92. The number of fused-ring (bicyclic) bond motifs is 1. The smallest absolute Gasteiger partial charge is 0.310 e. The molecule has 0 saturated heterocycles. The van der Waals surface area contributed by atoms with Crippen molar-refractivity contribution in [3.05, 3.63) is 82.4 Å². The number of anilines is 1. The lowest BCUT2D eigenvalue weighted by Gasteiger charge is -2.08. The molecule has 0 atom stereocenters. The predicted octanol–water partition coefficient (Wildman–Crippen LogP) is 5.20. The second-order valence-electron chi connectivity index (χ2n) is 6.63. The second kappa shape index (κ2) is 8.30. The third-order valence-corrected chi connectivity index (χ3v) is 5.45. The Kier molecular flexibility index (Phi) is 5.40. The summed E-state index contributed by atoms with van der Waals surface area (Å²) in [4.78, 5) is 27.3. The van der Waals surface area contributed by atoms with E-state index in [0.29, 0.717) is 5.69 Å². The maximum atomic E-state index is 12.2. The van der Waals surface area contributed by atoms with Gasteiger partial charge in [0.1, 0.15) is 5.01 Å². The lowest BCUT2D eigenvalue weighted by Crippen LogP contribution is -2.20. The number of amides is 1. The Morgan fingerprint density at radius 2 is 1.90 bits per heavy atom. The van der Waals surface area contributed by atoms with Gasteiger partial charge in [-0.15, -0.1) is 11.3 Å². The molecule has 0 radical (unpaired) electrons. The van der Waals surface area contributed by atoms with Crippen LogP contribution >= 0.6 is 11.3 Å². The van der Waals surface area contributed by atoms with E-state index < -0.39 is 10.8 Å². The molecule has 0 fully saturated rings. The molecule has 4 rings (SSSR count). The van der Waals surface area contributed by atoms with Gasteiger partial charge in [0.15, 0.2) is 12.4 Å². The van der Waals surface area contributed by atoms with Crippen molar-refractivity contribution >= 4 is 38.8 Å². The summed E-state index contributed by atoms with van der Waals surface area (Å²) in [6, 6.07) is 19.5. The molecule has 30 heavy (non-hydrogen) atoms. The van der Waals surface area contributed by atoms with Crippen LogP contribution in [0.5, 0.6) is 5.75 Å². The van der Waals surface area contributed by atoms with E-state index in [1.54, 1.807) is 35.6 Å². The molecule has 150 valence electrons. The van der Waals surface area contributed by atoms with Gasteiger partial charge in [0.05, 0.1) is 15.1 Å². The first-order chi connectivity index (χ1) is 14.5. The molecule has 0 aliphatic carbocycles. The Hall–Kier alpha value is -3.78. The van der Waals surface area contributed by atoms with Gasteiger partial charge in [-0.25, -0.2) is 4.98 Å². The van der Waals surface area contributed by atoms with E-state index >= 15 is 0 Å². The maximum absolute atomic E-state index is 12.2. The first-order valence-corrected chi connectivity index (χ1v) is 9.95. The van der Waals surface area contributed by atoms with Gasteiger partial charge in [0.25, 0.3) is 5.91 Å². The number of aryl methyl sites for hydroxylation is 1. The average Bonchev–Trinajstić information content (AvgIpc) is 3.16. The zero-order valence-corrected chi connectivity index (χ0v) is 16.8. The quantitative estimate of drug-likeness (QED) is 0.342. The number of nitrogens with zero attached hydrogens (tertiary/aromatic N) is 2. The summed E-state index contributed by atoms with van der Waals surface area (Å²) in [6.07, 6.45) is 0. The molecular weight excluding hydrogens is 402 g/mol. The SMILES string of the molecule is Cc1ccc2nc(-c3ccc(NC(=O)COc4ccccc4[N+](=O)[O-])cc3)sc2c1. The average molecular weight is 419 g/mol. The van der Waals surface area contributed by atoms with Crippen molar-refractivity contribution in [2.24, 2.45) is 0 Å². The first-order valence-electron chi connectivity index (χ1n) is 9.13. The Labute approximate surface area is 176 Å². The van der Waals surface area contributed by atoms with Gasteiger partial charge in [-0.1, -0.05) is 18.2 Å². The minimum atomic E-state index is -0.546. The number of nitro groups is 1. The van der Waals surface area contributed by atoms with E-state index in [-0.39, 0.29) is 18.0 Å². The molecule has 1 amide bonds. The van der Waals surface area contributed by atoms with Crippen LogP contribution in [0.25, 0.3) is 20.8 Å². The summed E-state index contributed by atoms with van der Waals surface area (Å²) in [6.45, 7) is 1.72. The Morgan fingerprint density at radius 3 is 2.67 bits per heavy atom. The fraction of sp³-hybridized carbons (Fsp3) is 0.0909. The van der Waals surface area contributed by atoms with Gasteiger partial charge < -0.3 is 10.1 Å². The van der Waals surface area contributed by atoms with Gasteiger partial charge in [-0.2, -0.15) is 0 Å². The largest absolute Gasteiger partial charge is 0.477 e. The summed E-state index contributed by atoms with van der Waals surface area (Å²) >= 11 is 1.62. The van der Waals surface area contributed by atoms with Gasteiger partial charge in [-0.3, -0.25) is 14.9 Å². The minimum absolute atomic E-state index is 0.0547. The van der Waals surface area contributed by atoms with Crippen LogP contribution in [0.3, 0.4) is 0 Å². The molecule has 8 heteroatoms. The molecule has 4 aromatic rings. The van der Waals surface area contributed by atoms with Crippen molar-refractivity contribution in [3.8, 4) is 16.3 Å². The van der Waals surface area contributed by atoms with Gasteiger partial charge in [-0.05, 0) is 55.0 Å². The third kappa shape index (κ3) is 4.28. The van der Waals surface area contributed by atoms with Crippen LogP contribution in [0.1, 0.15) is 5.56 Å². The highest BCUT2D eigenvalue weighted by Gasteiger charge is 2.15. The minimum Gasteiger partial charge on any atom is -0.477 e. The van der Waals surface area contributed by atoms with Crippen molar-refractivity contribution in [1.82, 2.24) is 4.98 Å². The van der Waals surface area contributed by atoms with Gasteiger partial charge in [0, 0.05) is 17.3 Å². The van der Waals surface area contributed by atoms with Crippen molar-refractivity contribution in [2.45, 2.75) is 6.92 Å². The van der Waals surface area contributed by atoms with Crippen LogP contribution in [0.15, 0.2) is 66.7 Å². The number of hydrogen-bond acceptors (Lipinski definition) is 6. The molecular formula is C22H17N3O4S. The van der Waals surface area contributed by atoms with E-state index in [4.69, 9.17) is 4.74 Å². The Balaban J connectivity index is 1.40. The van der Waals surface area contributed by atoms with Crippen LogP contribution in [0, 0.1) is 17.0 Å². The Morgan fingerprint density at radius 1 is 1.13 bits per heavy atom. The number of para-hydroxylation sites is 2. The second-order valence-corrected chi connectivity index (χ2v) is 7.66. The summed E-state index contributed by atoms with van der Waals surface area (Å²) in [5.41, 5.74) is 3.54. The van der Waals surface area contributed by atoms with Crippen LogP contribution in [0.2, 0.25) is 0 Å². The highest BCUT2D eigenvalue weighted by atomic mass is 32.1. The lowest BCUT2D eigenvalue weighted by molar-refractivity contribution is -0.385. The van der Waals surface area contributed by atoms with Gasteiger partial charge in [0.2, 0.25) is 0 Å². The van der Waals surface area contributed by atoms with Crippen molar-refractivity contribution < 1.29 is 14.5 Å². The number of thiazole rings is 1. The Bertz CT molecular complexity index is 1230. The summed E-state index contributed by atoms with van der Waals surface area (Å²) in [7, 11) is 0. The van der Waals surface area contributed by atoms with E-state index in [2.05, 4.69) is 23.3 Å².